The van der Waals surface area contributed by atoms with Crippen molar-refractivity contribution in [3.8, 4) is 5.75 Å². The number of aromatic hydroxyl groups is 1. The Labute approximate surface area is 90.3 Å². The van der Waals surface area contributed by atoms with Gasteiger partial charge in [-0.3, -0.25) is 4.79 Å². The Morgan fingerprint density at radius 1 is 1.60 bits per heavy atom. The Bertz CT molecular complexity index is 506. The number of carbonyl (C=O) groups is 1. The summed E-state index contributed by atoms with van der Waals surface area (Å²) in [5, 5.41) is 10.3. The van der Waals surface area contributed by atoms with Gasteiger partial charge in [0.2, 0.25) is 0 Å². The molecule has 1 heterocycles. The van der Waals surface area contributed by atoms with Gasteiger partial charge in [-0.25, -0.2) is 0 Å². The molecule has 1 aromatic heterocycles. The molecule has 0 radical (unpaired) electrons. The summed E-state index contributed by atoms with van der Waals surface area (Å²) in [5.74, 6) is -0.133. The molecule has 0 bridgehead atoms. The van der Waals surface area contributed by atoms with E-state index in [2.05, 4.69) is 9.11 Å². The minimum absolute atomic E-state index is 0.139. The maximum Gasteiger partial charge on any atom is 0.311 e. The molecular formula is C10H9NO3S. The minimum Gasteiger partial charge on any atom is -0.506 e. The molecule has 78 valence electrons. The third-order valence-corrected chi connectivity index (χ3v) is 3.02. The molecular weight excluding hydrogens is 214 g/mol. The Morgan fingerprint density at radius 2 is 2.40 bits per heavy atom. The molecule has 0 amide bonds. The number of rotatable bonds is 2. The Morgan fingerprint density at radius 3 is 3.13 bits per heavy atom. The van der Waals surface area contributed by atoms with Crippen LogP contribution in [0.3, 0.4) is 0 Å². The third-order valence-electron chi connectivity index (χ3n) is 2.09. The fourth-order valence-corrected chi connectivity index (χ4v) is 2.14. The molecule has 2 aromatic rings. The van der Waals surface area contributed by atoms with Gasteiger partial charge in [0.15, 0.2) is 0 Å². The number of esters is 1. The molecule has 0 saturated carbocycles. The molecule has 1 N–H and O–H groups in total. The van der Waals surface area contributed by atoms with Crippen LogP contribution >= 0.6 is 11.5 Å². The third kappa shape index (κ3) is 1.78. The van der Waals surface area contributed by atoms with Crippen molar-refractivity contribution < 1.29 is 14.6 Å². The average Bonchev–Trinajstić information content (AvgIpc) is 2.63. The Balaban J connectivity index is 2.45. The number of aromatic nitrogens is 1. The van der Waals surface area contributed by atoms with E-state index in [-0.39, 0.29) is 18.1 Å². The quantitative estimate of drug-likeness (QED) is 0.787. The van der Waals surface area contributed by atoms with Gasteiger partial charge in [-0.1, -0.05) is 12.1 Å². The zero-order valence-electron chi connectivity index (χ0n) is 8.06. The lowest BCUT2D eigenvalue weighted by Gasteiger charge is -1.97. The van der Waals surface area contributed by atoms with E-state index in [4.69, 9.17) is 0 Å². The molecule has 1 aromatic carbocycles. The highest BCUT2D eigenvalue weighted by Gasteiger charge is 2.12. The van der Waals surface area contributed by atoms with Gasteiger partial charge in [-0.15, -0.1) is 0 Å². The van der Waals surface area contributed by atoms with E-state index >= 15 is 0 Å². The number of hydrogen-bond donors (Lipinski definition) is 1. The summed E-state index contributed by atoms with van der Waals surface area (Å²) < 4.78 is 9.40. The van der Waals surface area contributed by atoms with Gasteiger partial charge in [0, 0.05) is 5.39 Å². The maximum atomic E-state index is 11.1. The second kappa shape index (κ2) is 3.86. The largest absolute Gasteiger partial charge is 0.506 e. The van der Waals surface area contributed by atoms with Gasteiger partial charge in [0.05, 0.1) is 23.9 Å². The summed E-state index contributed by atoms with van der Waals surface area (Å²) in [7, 11) is 1.34. The van der Waals surface area contributed by atoms with Crippen LogP contribution in [0.2, 0.25) is 0 Å². The zero-order valence-corrected chi connectivity index (χ0v) is 8.87. The lowest BCUT2D eigenvalue weighted by molar-refractivity contribution is -0.139. The van der Waals surface area contributed by atoms with Crippen LogP contribution in [0.15, 0.2) is 18.2 Å². The standard InChI is InChI=1S/C10H9NO3S/c1-14-9(13)5-7-6-3-2-4-8(12)10(6)15-11-7/h2-4,12H,5H2,1H3. The van der Waals surface area contributed by atoms with E-state index in [0.29, 0.717) is 10.4 Å². The lowest BCUT2D eigenvalue weighted by atomic mass is 10.2. The van der Waals surface area contributed by atoms with E-state index in [1.165, 1.54) is 18.6 Å². The van der Waals surface area contributed by atoms with Crippen LogP contribution in [0.4, 0.5) is 0 Å². The van der Waals surface area contributed by atoms with Crippen LogP contribution in [0, 0.1) is 0 Å². The Hall–Kier alpha value is -1.62. The highest BCUT2D eigenvalue weighted by molar-refractivity contribution is 7.13. The number of hydrogen-bond acceptors (Lipinski definition) is 5. The van der Waals surface area contributed by atoms with Gasteiger partial charge in [0.1, 0.15) is 5.75 Å². The first kappa shape index (κ1) is 9.92. The molecule has 0 atom stereocenters. The van der Waals surface area contributed by atoms with E-state index in [0.717, 1.165) is 5.39 Å². The minimum atomic E-state index is -0.328. The number of benzene rings is 1. The predicted molar refractivity (Wildman–Crippen MR) is 57.0 cm³/mol. The fourth-order valence-electron chi connectivity index (χ4n) is 1.33. The summed E-state index contributed by atoms with van der Waals surface area (Å²) in [5.41, 5.74) is 0.651. The molecule has 4 nitrogen and oxygen atoms in total. The summed E-state index contributed by atoms with van der Waals surface area (Å²) in [6.07, 6.45) is 0.139. The van der Waals surface area contributed by atoms with Crippen molar-refractivity contribution in [1.82, 2.24) is 4.37 Å². The zero-order chi connectivity index (χ0) is 10.8. The van der Waals surface area contributed by atoms with Crippen molar-refractivity contribution in [2.24, 2.45) is 0 Å². The van der Waals surface area contributed by atoms with Crippen molar-refractivity contribution in [2.45, 2.75) is 6.42 Å². The van der Waals surface area contributed by atoms with Gasteiger partial charge in [-0.2, -0.15) is 4.37 Å². The molecule has 0 saturated heterocycles. The molecule has 0 unspecified atom stereocenters. The Kier molecular flexibility index (Phi) is 2.55. The maximum absolute atomic E-state index is 11.1. The van der Waals surface area contributed by atoms with E-state index in [1.807, 2.05) is 6.07 Å². The summed E-state index contributed by atoms with van der Waals surface area (Å²) >= 11 is 1.19. The number of fused-ring (bicyclic) bond motifs is 1. The topological polar surface area (TPSA) is 59.4 Å². The molecule has 0 aliphatic heterocycles. The SMILES string of the molecule is COC(=O)Cc1nsc2c(O)cccc12. The monoisotopic (exact) mass is 223 g/mol. The van der Waals surface area contributed by atoms with Crippen LogP contribution in [-0.2, 0) is 16.0 Å². The van der Waals surface area contributed by atoms with Crippen LogP contribution in [0.1, 0.15) is 5.69 Å². The summed E-state index contributed by atoms with van der Waals surface area (Å²) in [6, 6.07) is 5.16. The fraction of sp³-hybridized carbons (Fsp3) is 0.200. The smallest absolute Gasteiger partial charge is 0.311 e. The second-order valence-corrected chi connectivity index (χ2v) is 3.81. The van der Waals surface area contributed by atoms with Gasteiger partial charge in [0.25, 0.3) is 0 Å². The van der Waals surface area contributed by atoms with Crippen LogP contribution < -0.4 is 0 Å². The van der Waals surface area contributed by atoms with Crippen molar-refractivity contribution in [3.05, 3.63) is 23.9 Å². The first-order valence-electron chi connectivity index (χ1n) is 4.35. The van der Waals surface area contributed by atoms with Crippen molar-refractivity contribution in [2.75, 3.05) is 7.11 Å². The first-order chi connectivity index (χ1) is 7.22. The van der Waals surface area contributed by atoms with Crippen LogP contribution in [-0.4, -0.2) is 22.6 Å². The molecule has 0 aliphatic carbocycles. The number of phenolic OH excluding ortho intramolecular Hbond substituents is 1. The molecule has 0 fully saturated rings. The molecule has 0 spiro atoms. The average molecular weight is 223 g/mol. The van der Waals surface area contributed by atoms with Crippen LogP contribution in [0.5, 0.6) is 5.75 Å². The molecule has 0 aliphatic rings. The van der Waals surface area contributed by atoms with Crippen LogP contribution in [0.25, 0.3) is 10.1 Å². The van der Waals surface area contributed by atoms with Gasteiger partial charge < -0.3 is 9.84 Å². The second-order valence-electron chi connectivity index (χ2n) is 3.04. The van der Waals surface area contributed by atoms with E-state index in [1.54, 1.807) is 12.1 Å². The summed E-state index contributed by atoms with van der Waals surface area (Å²) in [6.45, 7) is 0. The van der Waals surface area contributed by atoms with E-state index in [9.17, 15) is 9.90 Å². The van der Waals surface area contributed by atoms with E-state index < -0.39 is 0 Å². The highest BCUT2D eigenvalue weighted by atomic mass is 32.1. The number of phenols is 1. The van der Waals surface area contributed by atoms with Crippen molar-refractivity contribution in [1.29, 1.82) is 0 Å². The number of methoxy groups -OCH3 is 1. The predicted octanol–water partition coefficient (Wildman–Crippen LogP) is 1.72. The number of nitrogens with zero attached hydrogens (tertiary/aromatic N) is 1. The molecule has 5 heteroatoms. The highest BCUT2D eigenvalue weighted by Crippen LogP contribution is 2.30. The first-order valence-corrected chi connectivity index (χ1v) is 5.12. The van der Waals surface area contributed by atoms with Gasteiger partial charge >= 0.3 is 5.97 Å². The van der Waals surface area contributed by atoms with Crippen molar-refractivity contribution >= 4 is 27.6 Å². The van der Waals surface area contributed by atoms with Crippen molar-refractivity contribution in [3.63, 3.8) is 0 Å². The normalized spacial score (nSPS) is 10.5. The molecule has 2 rings (SSSR count). The summed E-state index contributed by atoms with van der Waals surface area (Å²) in [4.78, 5) is 11.1. The van der Waals surface area contributed by atoms with Gasteiger partial charge in [-0.05, 0) is 17.6 Å². The molecule has 15 heavy (non-hydrogen) atoms. The number of ether oxygens (including phenoxy) is 1. The number of carbonyl (C=O) groups excluding carboxylic acids is 1. The lowest BCUT2D eigenvalue weighted by Crippen LogP contribution is -2.04.